The lowest BCUT2D eigenvalue weighted by Gasteiger charge is -2.41. The molecule has 1 aliphatic carbocycles. The highest BCUT2D eigenvalue weighted by Crippen LogP contribution is 2.33. The first-order chi connectivity index (χ1) is 22.5. The number of rotatable bonds is 10. The first-order valence-electron chi connectivity index (χ1n) is 16.4. The second-order valence-electron chi connectivity index (χ2n) is 12.4. The molecule has 2 fully saturated rings. The molecule has 2 N–H and O–H groups in total. The lowest BCUT2D eigenvalue weighted by Crippen LogP contribution is -2.57. The van der Waals surface area contributed by atoms with E-state index in [1.165, 1.54) is 0 Å². The van der Waals surface area contributed by atoms with Crippen molar-refractivity contribution in [1.29, 1.82) is 0 Å². The molecule has 46 heavy (non-hydrogen) atoms. The van der Waals surface area contributed by atoms with Crippen LogP contribution in [0.5, 0.6) is 0 Å². The SMILES string of the molecule is O=C(OCc1ccccc1)N1CCN(C(=O)c2ncn(CC3(O)CCCCC3)c2-c2ccccc2)[C@H](CCNc2ccccc2)C1. The van der Waals surface area contributed by atoms with Gasteiger partial charge in [-0.25, -0.2) is 9.78 Å². The van der Waals surface area contributed by atoms with Gasteiger partial charge in [0.05, 0.1) is 30.2 Å². The van der Waals surface area contributed by atoms with E-state index in [2.05, 4.69) is 10.3 Å². The molecule has 9 heteroatoms. The summed E-state index contributed by atoms with van der Waals surface area (Å²) < 4.78 is 7.62. The van der Waals surface area contributed by atoms with E-state index in [-0.39, 0.29) is 24.6 Å². The van der Waals surface area contributed by atoms with Crippen LogP contribution in [0.25, 0.3) is 11.3 Å². The van der Waals surface area contributed by atoms with Crippen LogP contribution >= 0.6 is 0 Å². The molecule has 1 saturated heterocycles. The van der Waals surface area contributed by atoms with Crippen LogP contribution in [0.3, 0.4) is 0 Å². The summed E-state index contributed by atoms with van der Waals surface area (Å²) in [6, 6.07) is 29.2. The van der Waals surface area contributed by atoms with Gasteiger partial charge >= 0.3 is 6.09 Å². The third kappa shape index (κ3) is 7.59. The molecule has 9 nitrogen and oxygen atoms in total. The maximum absolute atomic E-state index is 14.4. The van der Waals surface area contributed by atoms with Crippen LogP contribution in [0.15, 0.2) is 97.3 Å². The van der Waals surface area contributed by atoms with Crippen LogP contribution in [0, 0.1) is 0 Å². The van der Waals surface area contributed by atoms with Crippen molar-refractivity contribution in [3.05, 3.63) is 109 Å². The Morgan fingerprint density at radius 2 is 1.57 bits per heavy atom. The molecule has 2 heterocycles. The lowest BCUT2D eigenvalue weighted by atomic mass is 9.84. The number of aliphatic hydroxyl groups is 1. The van der Waals surface area contributed by atoms with E-state index >= 15 is 0 Å². The van der Waals surface area contributed by atoms with Gasteiger partial charge in [-0.3, -0.25) is 4.79 Å². The molecule has 4 aromatic rings. The third-order valence-electron chi connectivity index (χ3n) is 9.12. The number of hydrogen-bond acceptors (Lipinski definition) is 6. The van der Waals surface area contributed by atoms with Crippen molar-refractivity contribution < 1.29 is 19.4 Å². The van der Waals surface area contributed by atoms with Gasteiger partial charge in [-0.05, 0) is 37.0 Å². The fraction of sp³-hybridized carbons (Fsp3) is 0.378. The standard InChI is InChI=1S/C37H43N5O4/c43-35(33-34(30-15-7-2-8-16-30)41(28-39-33)27-37(45)20-11-4-12-21-37)42-24-23-40(36(44)46-26-29-13-5-1-6-14-29)25-32(42)19-22-38-31-17-9-3-10-18-31/h1-3,5-10,13-18,28,32,38,45H,4,11-12,19-27H2/t32-/m1/s1. The zero-order valence-electron chi connectivity index (χ0n) is 26.3. The van der Waals surface area contributed by atoms with Crippen molar-refractivity contribution in [2.75, 3.05) is 31.5 Å². The normalized spacial score (nSPS) is 17.8. The highest BCUT2D eigenvalue weighted by atomic mass is 16.6. The number of amides is 2. The number of anilines is 1. The summed E-state index contributed by atoms with van der Waals surface area (Å²) in [7, 11) is 0. The summed E-state index contributed by atoms with van der Waals surface area (Å²) in [5, 5.41) is 14.9. The van der Waals surface area contributed by atoms with E-state index in [1.54, 1.807) is 11.2 Å². The van der Waals surface area contributed by atoms with E-state index in [0.29, 0.717) is 44.8 Å². The minimum Gasteiger partial charge on any atom is -0.445 e. The van der Waals surface area contributed by atoms with Crippen molar-refractivity contribution in [1.82, 2.24) is 19.4 Å². The molecule has 1 saturated carbocycles. The molecule has 1 atom stereocenters. The fourth-order valence-electron chi connectivity index (χ4n) is 6.66. The molecule has 3 aromatic carbocycles. The molecule has 240 valence electrons. The zero-order chi connectivity index (χ0) is 31.8. The van der Waals surface area contributed by atoms with Gasteiger partial charge in [0.2, 0.25) is 0 Å². The number of piperazine rings is 1. The van der Waals surface area contributed by atoms with E-state index in [9.17, 15) is 14.7 Å². The van der Waals surface area contributed by atoms with Crippen LogP contribution in [0.2, 0.25) is 0 Å². The number of ether oxygens (including phenoxy) is 1. The van der Waals surface area contributed by atoms with Crippen molar-refractivity contribution >= 4 is 17.7 Å². The van der Waals surface area contributed by atoms with Gasteiger partial charge in [0.25, 0.3) is 5.91 Å². The molecule has 0 unspecified atom stereocenters. The Labute approximate surface area is 270 Å². The van der Waals surface area contributed by atoms with Crippen LogP contribution in [-0.4, -0.2) is 74.3 Å². The van der Waals surface area contributed by atoms with Gasteiger partial charge in [-0.2, -0.15) is 0 Å². The average Bonchev–Trinajstić information content (AvgIpc) is 3.51. The Morgan fingerprint density at radius 3 is 2.28 bits per heavy atom. The van der Waals surface area contributed by atoms with Gasteiger partial charge in [-0.15, -0.1) is 0 Å². The van der Waals surface area contributed by atoms with Crippen molar-refractivity contribution in [2.45, 2.75) is 63.3 Å². The van der Waals surface area contributed by atoms with Crippen LogP contribution in [-0.2, 0) is 17.9 Å². The maximum atomic E-state index is 14.4. The maximum Gasteiger partial charge on any atom is 0.410 e. The number of carbonyl (C=O) groups excluding carboxylic acids is 2. The Hall–Kier alpha value is -4.63. The van der Waals surface area contributed by atoms with E-state index in [0.717, 1.165) is 54.6 Å². The van der Waals surface area contributed by atoms with Gasteiger partial charge in [0.15, 0.2) is 5.69 Å². The second-order valence-corrected chi connectivity index (χ2v) is 12.4. The Balaban J connectivity index is 1.23. The molecule has 2 aliphatic rings. The molecule has 0 radical (unpaired) electrons. The number of benzene rings is 3. The van der Waals surface area contributed by atoms with E-state index < -0.39 is 5.60 Å². The quantitative estimate of drug-likeness (QED) is 0.218. The number of imidazole rings is 1. The fourth-order valence-corrected chi connectivity index (χ4v) is 6.66. The molecule has 0 bridgehead atoms. The summed E-state index contributed by atoms with van der Waals surface area (Å²) >= 11 is 0. The summed E-state index contributed by atoms with van der Waals surface area (Å²) in [6.07, 6.45) is 6.54. The minimum absolute atomic E-state index is 0.171. The van der Waals surface area contributed by atoms with Gasteiger partial charge < -0.3 is 29.5 Å². The lowest BCUT2D eigenvalue weighted by molar-refractivity contribution is -0.0111. The van der Waals surface area contributed by atoms with Gasteiger partial charge in [-0.1, -0.05) is 98.1 Å². The molecule has 6 rings (SSSR count). The first kappa shape index (κ1) is 31.4. The van der Waals surface area contributed by atoms with Crippen LogP contribution < -0.4 is 5.32 Å². The van der Waals surface area contributed by atoms with E-state index in [1.807, 2.05) is 100 Å². The second kappa shape index (κ2) is 14.6. The number of nitrogens with zero attached hydrogens (tertiary/aromatic N) is 4. The molecule has 1 aliphatic heterocycles. The third-order valence-corrected chi connectivity index (χ3v) is 9.12. The smallest absolute Gasteiger partial charge is 0.410 e. The number of carbonyl (C=O) groups is 2. The molecular formula is C37H43N5O4. The Kier molecular flexibility index (Phi) is 9.98. The Morgan fingerprint density at radius 1 is 0.891 bits per heavy atom. The molecule has 1 aromatic heterocycles. The first-order valence-corrected chi connectivity index (χ1v) is 16.4. The molecular weight excluding hydrogens is 578 g/mol. The zero-order valence-corrected chi connectivity index (χ0v) is 26.3. The number of nitrogens with one attached hydrogen (secondary N) is 1. The minimum atomic E-state index is -0.819. The largest absolute Gasteiger partial charge is 0.445 e. The number of hydrogen-bond donors (Lipinski definition) is 2. The summed E-state index contributed by atoms with van der Waals surface area (Å²) in [6.45, 7) is 2.30. The van der Waals surface area contributed by atoms with Gasteiger partial charge in [0.1, 0.15) is 6.61 Å². The van der Waals surface area contributed by atoms with Crippen molar-refractivity contribution in [2.24, 2.45) is 0 Å². The topological polar surface area (TPSA) is 99.9 Å². The van der Waals surface area contributed by atoms with Crippen molar-refractivity contribution in [3.8, 4) is 11.3 Å². The predicted molar refractivity (Wildman–Crippen MR) is 178 cm³/mol. The average molecular weight is 622 g/mol. The molecule has 0 spiro atoms. The van der Waals surface area contributed by atoms with Crippen LogP contribution in [0.4, 0.5) is 10.5 Å². The van der Waals surface area contributed by atoms with Gasteiger partial charge in [0, 0.05) is 37.4 Å². The summed E-state index contributed by atoms with van der Waals surface area (Å²) in [5.74, 6) is -0.171. The summed E-state index contributed by atoms with van der Waals surface area (Å²) in [4.78, 5) is 35.9. The number of para-hydroxylation sites is 1. The van der Waals surface area contributed by atoms with Crippen molar-refractivity contribution in [3.63, 3.8) is 0 Å². The monoisotopic (exact) mass is 621 g/mol. The highest BCUT2D eigenvalue weighted by Gasteiger charge is 2.37. The van der Waals surface area contributed by atoms with E-state index in [4.69, 9.17) is 4.74 Å². The summed E-state index contributed by atoms with van der Waals surface area (Å²) in [5.41, 5.74) is 3.08. The highest BCUT2D eigenvalue weighted by molar-refractivity contribution is 5.98. The number of aromatic nitrogens is 2. The Bertz CT molecular complexity index is 1570. The van der Waals surface area contributed by atoms with Crippen LogP contribution in [0.1, 0.15) is 54.6 Å². The molecule has 2 amide bonds. The predicted octanol–water partition coefficient (Wildman–Crippen LogP) is 6.21.